The molecule has 2 saturated heterocycles. The van der Waals surface area contributed by atoms with Crippen LogP contribution in [0, 0.1) is 5.92 Å². The minimum Gasteiger partial charge on any atom is -0.326 e. The van der Waals surface area contributed by atoms with Gasteiger partial charge < -0.3 is 9.80 Å². The number of hydrogen-bond acceptors (Lipinski definition) is 3. The molecule has 1 atom stereocenters. The molecule has 1 saturated carbocycles. The zero-order valence-electron chi connectivity index (χ0n) is 13.7. The molecular weight excluding hydrogens is 262 g/mol. The molecule has 4 nitrogen and oxygen atoms in total. The maximum Gasteiger partial charge on any atom is 0.244 e. The second kappa shape index (κ2) is 6.25. The van der Waals surface area contributed by atoms with Crippen LogP contribution in [-0.2, 0) is 4.79 Å². The zero-order valence-corrected chi connectivity index (χ0v) is 13.7. The number of amides is 1. The van der Waals surface area contributed by atoms with Crippen molar-refractivity contribution in [3.05, 3.63) is 0 Å². The number of hydrogen-bond donors (Lipinski definition) is 1. The van der Waals surface area contributed by atoms with E-state index < -0.39 is 0 Å². The topological polar surface area (TPSA) is 35.6 Å². The molecule has 2 aliphatic heterocycles. The van der Waals surface area contributed by atoms with Crippen LogP contribution in [0.4, 0.5) is 0 Å². The quantitative estimate of drug-likeness (QED) is 0.863. The van der Waals surface area contributed by atoms with Crippen molar-refractivity contribution in [2.45, 2.75) is 70.0 Å². The van der Waals surface area contributed by atoms with E-state index in [0.29, 0.717) is 5.91 Å². The van der Waals surface area contributed by atoms with Crippen molar-refractivity contribution < 1.29 is 4.79 Å². The van der Waals surface area contributed by atoms with E-state index in [2.05, 4.69) is 29.1 Å². The number of nitrogens with zero attached hydrogens (tertiary/aromatic N) is 2. The summed E-state index contributed by atoms with van der Waals surface area (Å²) in [6.07, 6.45) is 9.61. The van der Waals surface area contributed by atoms with Gasteiger partial charge in [-0.1, -0.05) is 19.8 Å². The van der Waals surface area contributed by atoms with Gasteiger partial charge in [-0.2, -0.15) is 0 Å². The van der Waals surface area contributed by atoms with Gasteiger partial charge in [0, 0.05) is 6.54 Å². The first-order valence-electron chi connectivity index (χ1n) is 8.92. The second-order valence-corrected chi connectivity index (χ2v) is 7.39. The van der Waals surface area contributed by atoms with Gasteiger partial charge in [0.15, 0.2) is 0 Å². The summed E-state index contributed by atoms with van der Waals surface area (Å²) in [5, 5.41) is 3.68. The first-order chi connectivity index (χ1) is 10.1. The lowest BCUT2D eigenvalue weighted by atomic mass is 9.93. The molecule has 3 rings (SSSR count). The maximum absolute atomic E-state index is 12.9. The van der Waals surface area contributed by atoms with E-state index in [0.717, 1.165) is 31.7 Å². The van der Waals surface area contributed by atoms with Crippen LogP contribution in [0.25, 0.3) is 0 Å². The Kier molecular flexibility index (Phi) is 4.55. The maximum atomic E-state index is 12.9. The molecule has 1 unspecified atom stereocenters. The van der Waals surface area contributed by atoms with Gasteiger partial charge in [-0.15, -0.1) is 0 Å². The third-order valence-electron chi connectivity index (χ3n) is 5.95. The number of rotatable bonds is 4. The molecule has 1 amide bonds. The molecule has 21 heavy (non-hydrogen) atoms. The highest BCUT2D eigenvalue weighted by Gasteiger charge is 2.51. The lowest BCUT2D eigenvalue weighted by Gasteiger charge is -2.31. The molecule has 120 valence electrons. The fourth-order valence-corrected chi connectivity index (χ4v) is 4.46. The van der Waals surface area contributed by atoms with Crippen LogP contribution >= 0.6 is 0 Å². The summed E-state index contributed by atoms with van der Waals surface area (Å²) in [5.41, 5.74) is -0.187. The molecule has 4 heteroatoms. The first kappa shape index (κ1) is 15.3. The van der Waals surface area contributed by atoms with E-state index in [9.17, 15) is 4.79 Å². The molecule has 3 fully saturated rings. The summed E-state index contributed by atoms with van der Waals surface area (Å²) in [6, 6.07) is 0. The first-order valence-corrected chi connectivity index (χ1v) is 8.92. The lowest BCUT2D eigenvalue weighted by molar-refractivity contribution is -0.133. The van der Waals surface area contributed by atoms with Gasteiger partial charge in [-0.05, 0) is 64.6 Å². The molecule has 1 aliphatic carbocycles. The summed E-state index contributed by atoms with van der Waals surface area (Å²) in [6.45, 7) is 5.60. The van der Waals surface area contributed by atoms with E-state index in [1.165, 1.54) is 45.2 Å². The summed E-state index contributed by atoms with van der Waals surface area (Å²) in [4.78, 5) is 17.5. The van der Waals surface area contributed by atoms with Gasteiger partial charge in [0.1, 0.15) is 0 Å². The monoisotopic (exact) mass is 293 g/mol. The van der Waals surface area contributed by atoms with E-state index in [1.54, 1.807) is 0 Å². The molecule has 0 aromatic carbocycles. The van der Waals surface area contributed by atoms with Gasteiger partial charge in [0.2, 0.25) is 5.91 Å². The van der Waals surface area contributed by atoms with Crippen LogP contribution in [0.2, 0.25) is 0 Å². The number of carbonyl (C=O) groups is 1. The van der Waals surface area contributed by atoms with E-state index in [1.807, 2.05) is 0 Å². The average molecular weight is 293 g/mol. The number of likely N-dealkylation sites (tertiary alicyclic amines) is 1. The third-order valence-corrected chi connectivity index (χ3v) is 5.95. The predicted octanol–water partition coefficient (Wildman–Crippen LogP) is 2.20. The molecule has 0 aromatic heterocycles. The highest BCUT2D eigenvalue weighted by molar-refractivity contribution is 5.89. The van der Waals surface area contributed by atoms with E-state index >= 15 is 0 Å². The Morgan fingerprint density at radius 1 is 1.24 bits per heavy atom. The SMILES string of the molecule is CCC1NC2(CCCC2)C(=O)N1CCC1CCN(C)CC1. The number of nitrogens with one attached hydrogen (secondary N) is 1. The minimum atomic E-state index is -0.187. The van der Waals surface area contributed by atoms with Crippen LogP contribution in [0.15, 0.2) is 0 Å². The Morgan fingerprint density at radius 3 is 2.52 bits per heavy atom. The fraction of sp³-hybridized carbons (Fsp3) is 0.941. The highest BCUT2D eigenvalue weighted by Crippen LogP contribution is 2.37. The smallest absolute Gasteiger partial charge is 0.244 e. The minimum absolute atomic E-state index is 0.187. The number of carbonyl (C=O) groups excluding carboxylic acids is 1. The molecule has 0 aromatic rings. The zero-order chi connectivity index (χ0) is 14.9. The normalized spacial score (nSPS) is 30.7. The van der Waals surface area contributed by atoms with Crippen molar-refractivity contribution in [3.63, 3.8) is 0 Å². The van der Waals surface area contributed by atoms with Crippen LogP contribution in [0.1, 0.15) is 58.3 Å². The van der Waals surface area contributed by atoms with E-state index in [4.69, 9.17) is 0 Å². The average Bonchev–Trinajstić information content (AvgIpc) is 3.06. The number of piperidine rings is 1. The summed E-state index contributed by atoms with van der Waals surface area (Å²) in [5.74, 6) is 1.21. The van der Waals surface area contributed by atoms with Crippen LogP contribution in [0.3, 0.4) is 0 Å². The van der Waals surface area contributed by atoms with Crippen LogP contribution in [0.5, 0.6) is 0 Å². The van der Waals surface area contributed by atoms with Gasteiger partial charge in [-0.3, -0.25) is 10.1 Å². The second-order valence-electron chi connectivity index (χ2n) is 7.39. The molecule has 1 N–H and O–H groups in total. The van der Waals surface area contributed by atoms with Crippen molar-refractivity contribution >= 4 is 5.91 Å². The Bertz CT molecular complexity index is 370. The Balaban J connectivity index is 1.57. The lowest BCUT2D eigenvalue weighted by Crippen LogP contribution is -2.44. The fourth-order valence-electron chi connectivity index (χ4n) is 4.46. The van der Waals surface area contributed by atoms with Gasteiger partial charge >= 0.3 is 0 Å². The van der Waals surface area contributed by atoms with Crippen LogP contribution in [-0.4, -0.2) is 54.1 Å². The Hall–Kier alpha value is -0.610. The molecule has 3 aliphatic rings. The van der Waals surface area contributed by atoms with E-state index in [-0.39, 0.29) is 11.7 Å². The highest BCUT2D eigenvalue weighted by atomic mass is 16.2. The van der Waals surface area contributed by atoms with Gasteiger partial charge in [0.25, 0.3) is 0 Å². The Labute approximate surface area is 129 Å². The molecule has 2 heterocycles. The van der Waals surface area contributed by atoms with Crippen molar-refractivity contribution in [1.29, 1.82) is 0 Å². The molecule has 0 bridgehead atoms. The molecular formula is C17H31N3O. The summed E-state index contributed by atoms with van der Waals surface area (Å²) >= 11 is 0. The van der Waals surface area contributed by atoms with Crippen LogP contribution < -0.4 is 5.32 Å². The van der Waals surface area contributed by atoms with Gasteiger partial charge in [0.05, 0.1) is 11.7 Å². The summed E-state index contributed by atoms with van der Waals surface area (Å²) in [7, 11) is 2.21. The third kappa shape index (κ3) is 2.98. The van der Waals surface area contributed by atoms with Crippen molar-refractivity contribution in [3.8, 4) is 0 Å². The van der Waals surface area contributed by atoms with Crippen molar-refractivity contribution in [2.24, 2.45) is 5.92 Å². The molecule has 1 spiro atoms. The molecule has 0 radical (unpaired) electrons. The van der Waals surface area contributed by atoms with Crippen molar-refractivity contribution in [1.82, 2.24) is 15.1 Å². The largest absolute Gasteiger partial charge is 0.326 e. The Morgan fingerprint density at radius 2 is 1.90 bits per heavy atom. The summed E-state index contributed by atoms with van der Waals surface area (Å²) < 4.78 is 0. The standard InChI is InChI=1S/C17H31N3O/c1-3-15-18-17(9-4-5-10-17)16(21)20(15)13-8-14-6-11-19(2)12-7-14/h14-15,18H,3-13H2,1-2H3. The van der Waals surface area contributed by atoms with Crippen molar-refractivity contribution in [2.75, 3.05) is 26.7 Å². The predicted molar refractivity (Wildman–Crippen MR) is 85.0 cm³/mol. The van der Waals surface area contributed by atoms with Gasteiger partial charge in [-0.25, -0.2) is 0 Å².